The van der Waals surface area contributed by atoms with E-state index in [0.717, 1.165) is 0 Å². The summed E-state index contributed by atoms with van der Waals surface area (Å²) in [6.07, 6.45) is 0. The van der Waals surface area contributed by atoms with Gasteiger partial charge in [0.1, 0.15) is 5.82 Å². The Morgan fingerprint density at radius 2 is 1.64 bits per heavy atom. The molecule has 0 fully saturated rings. The summed E-state index contributed by atoms with van der Waals surface area (Å²) in [5.74, 6) is 1.18. The molecule has 1 aromatic heterocycles. The second-order valence-corrected chi connectivity index (χ2v) is 9.25. The quantitative estimate of drug-likeness (QED) is 0.440. The topological polar surface area (TPSA) is 99.5 Å². The summed E-state index contributed by atoms with van der Waals surface area (Å²) in [7, 11) is -1.07. The number of halogens is 1. The molecule has 0 spiro atoms. The molecule has 1 heterocycles. The van der Waals surface area contributed by atoms with Crippen LogP contribution in [-0.2, 0) is 10.0 Å². The molecule has 4 aromatic rings. The first-order valence-corrected chi connectivity index (χ1v) is 11.6. The van der Waals surface area contributed by atoms with Crippen molar-refractivity contribution < 1.29 is 17.9 Å². The highest BCUT2D eigenvalue weighted by Gasteiger charge is 2.18. The number of methoxy groups -OCH3 is 2. The molecule has 3 aromatic carbocycles. The molecule has 0 unspecified atom stereocenters. The van der Waals surface area contributed by atoms with Crippen molar-refractivity contribution in [2.24, 2.45) is 0 Å². The molecule has 1 N–H and O–H groups in total. The van der Waals surface area contributed by atoms with Crippen LogP contribution >= 0.6 is 11.6 Å². The molecule has 33 heavy (non-hydrogen) atoms. The zero-order valence-corrected chi connectivity index (χ0v) is 19.6. The molecule has 0 aliphatic heterocycles. The molecule has 0 amide bonds. The standard InChI is InChI=1S/C23H20ClN3O5S/c1-14-25-20-10-6-16(12-19(20)23(28)27(14)17-7-4-15(24)5-8-17)26-33(29,30)18-9-11-21(31-2)22(13-18)32-3/h4-13,26H,1-3H3. The first-order valence-electron chi connectivity index (χ1n) is 9.77. The molecule has 4 rings (SSSR count). The SMILES string of the molecule is COc1ccc(S(=O)(=O)Nc2ccc3nc(C)n(-c4ccc(Cl)cc4)c(=O)c3c2)cc1OC. The van der Waals surface area contributed by atoms with Crippen LogP contribution in [0.25, 0.3) is 16.6 Å². The molecular weight excluding hydrogens is 466 g/mol. The van der Waals surface area contributed by atoms with Gasteiger partial charge in [0.15, 0.2) is 11.5 Å². The number of hydrogen-bond donors (Lipinski definition) is 1. The van der Waals surface area contributed by atoms with E-state index in [1.807, 2.05) is 0 Å². The van der Waals surface area contributed by atoms with Gasteiger partial charge in [-0.3, -0.25) is 14.1 Å². The van der Waals surface area contributed by atoms with E-state index in [2.05, 4.69) is 9.71 Å². The minimum absolute atomic E-state index is 0.0131. The van der Waals surface area contributed by atoms with Crippen molar-refractivity contribution in [3.8, 4) is 17.2 Å². The Hall–Kier alpha value is -3.56. The molecule has 0 saturated carbocycles. The number of nitrogens with one attached hydrogen (secondary N) is 1. The van der Waals surface area contributed by atoms with Crippen LogP contribution in [0.15, 0.2) is 70.4 Å². The zero-order chi connectivity index (χ0) is 23.8. The maximum atomic E-state index is 13.3. The Labute approximate surface area is 195 Å². The van der Waals surface area contributed by atoms with Gasteiger partial charge in [0.25, 0.3) is 15.6 Å². The number of nitrogens with zero attached hydrogens (tertiary/aromatic N) is 2. The molecule has 170 valence electrons. The van der Waals surface area contributed by atoms with Crippen molar-refractivity contribution >= 4 is 38.2 Å². The van der Waals surface area contributed by atoms with Crippen molar-refractivity contribution in [2.45, 2.75) is 11.8 Å². The van der Waals surface area contributed by atoms with Crippen molar-refractivity contribution in [1.29, 1.82) is 0 Å². The van der Waals surface area contributed by atoms with Crippen LogP contribution in [0.3, 0.4) is 0 Å². The first kappa shape index (κ1) is 22.6. The van der Waals surface area contributed by atoms with E-state index < -0.39 is 10.0 Å². The van der Waals surface area contributed by atoms with Gasteiger partial charge in [-0.05, 0) is 61.5 Å². The van der Waals surface area contributed by atoms with Crippen LogP contribution in [0.1, 0.15) is 5.82 Å². The molecule has 0 saturated heterocycles. The summed E-state index contributed by atoms with van der Waals surface area (Å²) in [5, 5.41) is 0.813. The number of sulfonamides is 1. The van der Waals surface area contributed by atoms with Crippen molar-refractivity contribution in [1.82, 2.24) is 9.55 Å². The third-order valence-electron chi connectivity index (χ3n) is 5.04. The molecular formula is C23H20ClN3O5S. The van der Waals surface area contributed by atoms with Gasteiger partial charge >= 0.3 is 0 Å². The molecule has 0 atom stereocenters. The minimum Gasteiger partial charge on any atom is -0.493 e. The van der Waals surface area contributed by atoms with Gasteiger partial charge in [-0.1, -0.05) is 11.6 Å². The molecule has 0 aliphatic carbocycles. The lowest BCUT2D eigenvalue weighted by Crippen LogP contribution is -2.22. The second-order valence-electron chi connectivity index (χ2n) is 7.13. The highest BCUT2D eigenvalue weighted by molar-refractivity contribution is 7.92. The molecule has 0 radical (unpaired) electrons. The van der Waals surface area contributed by atoms with Crippen LogP contribution in [0.5, 0.6) is 11.5 Å². The molecule has 8 nitrogen and oxygen atoms in total. The van der Waals surface area contributed by atoms with Gasteiger partial charge in [0, 0.05) is 16.8 Å². The van der Waals surface area contributed by atoms with Crippen LogP contribution in [0, 0.1) is 6.92 Å². The third kappa shape index (κ3) is 4.37. The summed E-state index contributed by atoms with van der Waals surface area (Å²) in [6, 6.07) is 15.7. The number of ether oxygens (including phenoxy) is 2. The van der Waals surface area contributed by atoms with Crippen molar-refractivity contribution in [2.75, 3.05) is 18.9 Å². The van der Waals surface area contributed by atoms with Gasteiger partial charge in [0.05, 0.1) is 35.7 Å². The maximum absolute atomic E-state index is 13.3. The van der Waals surface area contributed by atoms with Crippen LogP contribution in [0.2, 0.25) is 5.02 Å². The molecule has 0 bridgehead atoms. The van der Waals surface area contributed by atoms with Gasteiger partial charge in [-0.25, -0.2) is 13.4 Å². The van der Waals surface area contributed by atoms with E-state index in [9.17, 15) is 13.2 Å². The first-order chi connectivity index (χ1) is 15.7. The summed E-state index contributed by atoms with van der Waals surface area (Å²) >= 11 is 5.96. The normalized spacial score (nSPS) is 11.4. The minimum atomic E-state index is -3.96. The van der Waals surface area contributed by atoms with Gasteiger partial charge in [-0.15, -0.1) is 0 Å². The number of aryl methyl sites for hydroxylation is 1. The summed E-state index contributed by atoms with van der Waals surface area (Å²) in [4.78, 5) is 17.7. The number of rotatable bonds is 6. The van der Waals surface area contributed by atoms with E-state index in [-0.39, 0.29) is 27.3 Å². The maximum Gasteiger partial charge on any atom is 0.266 e. The van der Waals surface area contributed by atoms with E-state index in [1.165, 1.54) is 43.1 Å². The van der Waals surface area contributed by atoms with E-state index in [4.69, 9.17) is 21.1 Å². The summed E-state index contributed by atoms with van der Waals surface area (Å²) < 4.78 is 40.2. The van der Waals surface area contributed by atoms with Gasteiger partial charge < -0.3 is 9.47 Å². The monoisotopic (exact) mass is 485 g/mol. The Morgan fingerprint density at radius 1 is 0.939 bits per heavy atom. The lowest BCUT2D eigenvalue weighted by molar-refractivity contribution is 0.354. The molecule has 10 heteroatoms. The fourth-order valence-electron chi connectivity index (χ4n) is 3.45. The number of aromatic nitrogens is 2. The van der Waals surface area contributed by atoms with Crippen molar-refractivity contribution in [3.05, 3.63) is 81.9 Å². The van der Waals surface area contributed by atoms with Gasteiger partial charge in [-0.2, -0.15) is 0 Å². The summed E-state index contributed by atoms with van der Waals surface area (Å²) in [6.45, 7) is 1.73. The highest BCUT2D eigenvalue weighted by atomic mass is 35.5. The third-order valence-corrected chi connectivity index (χ3v) is 6.67. The van der Waals surface area contributed by atoms with E-state index in [0.29, 0.717) is 27.8 Å². The smallest absolute Gasteiger partial charge is 0.266 e. The highest BCUT2D eigenvalue weighted by Crippen LogP contribution is 2.30. The number of benzene rings is 3. The van der Waals surface area contributed by atoms with E-state index in [1.54, 1.807) is 43.3 Å². The number of fused-ring (bicyclic) bond motifs is 1. The van der Waals surface area contributed by atoms with Crippen LogP contribution in [0.4, 0.5) is 5.69 Å². The molecule has 0 aliphatic rings. The zero-order valence-electron chi connectivity index (χ0n) is 18.0. The van der Waals surface area contributed by atoms with E-state index >= 15 is 0 Å². The van der Waals surface area contributed by atoms with Crippen molar-refractivity contribution in [3.63, 3.8) is 0 Å². The Morgan fingerprint density at radius 3 is 2.30 bits per heavy atom. The Balaban J connectivity index is 1.76. The predicted molar refractivity (Wildman–Crippen MR) is 127 cm³/mol. The Kier molecular flexibility index (Phi) is 6.01. The largest absolute Gasteiger partial charge is 0.493 e. The summed E-state index contributed by atoms with van der Waals surface area (Å²) in [5.41, 5.74) is 0.957. The average Bonchev–Trinajstić information content (AvgIpc) is 2.80. The predicted octanol–water partition coefficient (Wildman–Crippen LogP) is 4.17. The lowest BCUT2D eigenvalue weighted by Gasteiger charge is -2.13. The van der Waals surface area contributed by atoms with Gasteiger partial charge in [0.2, 0.25) is 0 Å². The van der Waals surface area contributed by atoms with Crippen LogP contribution in [-0.4, -0.2) is 32.2 Å². The fourth-order valence-corrected chi connectivity index (χ4v) is 4.64. The Bertz CT molecular complexity index is 1520. The second kappa shape index (κ2) is 8.76. The number of hydrogen-bond acceptors (Lipinski definition) is 6. The fraction of sp³-hybridized carbons (Fsp3) is 0.130. The average molecular weight is 486 g/mol. The number of anilines is 1. The lowest BCUT2D eigenvalue weighted by atomic mass is 10.2. The van der Waals surface area contributed by atoms with Crippen LogP contribution < -0.4 is 19.8 Å².